The number of hydrogen-bond donors (Lipinski definition) is 1. The number of hydrogen-bond acceptors (Lipinski definition) is 1. The van der Waals surface area contributed by atoms with Gasteiger partial charge in [-0.25, -0.2) is 0 Å². The SMILES string of the molecule is C=C(CC)CC1CCCCCC1CN. The van der Waals surface area contributed by atoms with E-state index in [2.05, 4.69) is 13.5 Å². The standard InChI is InChI=1S/C13H25N/c1-3-11(2)9-12-7-5-4-6-8-13(12)10-14/h12-13H,2-10,14H2,1H3. The topological polar surface area (TPSA) is 26.0 Å². The van der Waals surface area contributed by atoms with Crippen molar-refractivity contribution >= 4 is 0 Å². The molecule has 1 rings (SSSR count). The van der Waals surface area contributed by atoms with Gasteiger partial charge in [-0.2, -0.15) is 0 Å². The second-order valence-electron chi connectivity index (χ2n) is 4.70. The van der Waals surface area contributed by atoms with Crippen LogP contribution < -0.4 is 5.73 Å². The highest BCUT2D eigenvalue weighted by atomic mass is 14.6. The van der Waals surface area contributed by atoms with E-state index in [0.29, 0.717) is 0 Å². The van der Waals surface area contributed by atoms with Crippen molar-refractivity contribution in [1.82, 2.24) is 0 Å². The van der Waals surface area contributed by atoms with Gasteiger partial charge in [0.2, 0.25) is 0 Å². The predicted octanol–water partition coefficient (Wildman–Crippen LogP) is 3.50. The van der Waals surface area contributed by atoms with Crippen LogP contribution in [0.4, 0.5) is 0 Å². The van der Waals surface area contributed by atoms with Crippen molar-refractivity contribution in [3.8, 4) is 0 Å². The first kappa shape index (κ1) is 11.8. The third kappa shape index (κ3) is 3.45. The first-order chi connectivity index (χ1) is 6.77. The molecule has 0 aromatic rings. The summed E-state index contributed by atoms with van der Waals surface area (Å²) in [6.07, 6.45) is 9.27. The van der Waals surface area contributed by atoms with Gasteiger partial charge in [-0.05, 0) is 44.1 Å². The summed E-state index contributed by atoms with van der Waals surface area (Å²) in [6, 6.07) is 0. The van der Waals surface area contributed by atoms with Crippen molar-refractivity contribution in [3.63, 3.8) is 0 Å². The average Bonchev–Trinajstić information content (AvgIpc) is 2.42. The maximum absolute atomic E-state index is 5.85. The predicted molar refractivity (Wildman–Crippen MR) is 63.2 cm³/mol. The molecule has 2 N–H and O–H groups in total. The minimum atomic E-state index is 0.765. The van der Waals surface area contributed by atoms with Gasteiger partial charge < -0.3 is 5.73 Å². The van der Waals surface area contributed by atoms with Gasteiger partial charge in [0.1, 0.15) is 0 Å². The molecular weight excluding hydrogens is 170 g/mol. The van der Waals surface area contributed by atoms with E-state index in [9.17, 15) is 0 Å². The van der Waals surface area contributed by atoms with Gasteiger partial charge in [0.05, 0.1) is 0 Å². The summed E-state index contributed by atoms with van der Waals surface area (Å²) in [5.74, 6) is 1.59. The zero-order chi connectivity index (χ0) is 10.4. The molecule has 14 heavy (non-hydrogen) atoms. The van der Waals surface area contributed by atoms with Crippen molar-refractivity contribution in [1.29, 1.82) is 0 Å². The van der Waals surface area contributed by atoms with Crippen LogP contribution in [0, 0.1) is 11.8 Å². The van der Waals surface area contributed by atoms with Crippen LogP contribution in [-0.4, -0.2) is 6.54 Å². The van der Waals surface area contributed by atoms with Gasteiger partial charge in [-0.1, -0.05) is 38.3 Å². The van der Waals surface area contributed by atoms with Crippen molar-refractivity contribution in [2.45, 2.75) is 51.9 Å². The summed E-state index contributed by atoms with van der Waals surface area (Å²) in [6.45, 7) is 7.21. The Labute approximate surface area is 88.8 Å². The monoisotopic (exact) mass is 195 g/mol. The Balaban J connectivity index is 2.47. The molecule has 0 aromatic carbocycles. The fourth-order valence-corrected chi connectivity index (χ4v) is 2.56. The third-order valence-electron chi connectivity index (χ3n) is 3.67. The van der Waals surface area contributed by atoms with E-state index in [1.165, 1.54) is 44.1 Å². The Morgan fingerprint density at radius 1 is 1.21 bits per heavy atom. The van der Waals surface area contributed by atoms with Crippen molar-refractivity contribution < 1.29 is 0 Å². The lowest BCUT2D eigenvalue weighted by Crippen LogP contribution is -2.22. The van der Waals surface area contributed by atoms with Crippen LogP contribution >= 0.6 is 0 Å². The first-order valence-electron chi connectivity index (χ1n) is 6.14. The minimum Gasteiger partial charge on any atom is -0.330 e. The Hall–Kier alpha value is -0.300. The molecular formula is C13H25N. The second-order valence-corrected chi connectivity index (χ2v) is 4.70. The quantitative estimate of drug-likeness (QED) is 0.539. The zero-order valence-corrected chi connectivity index (χ0v) is 9.60. The third-order valence-corrected chi connectivity index (χ3v) is 3.67. The summed E-state index contributed by atoms with van der Waals surface area (Å²) in [4.78, 5) is 0. The fourth-order valence-electron chi connectivity index (χ4n) is 2.56. The van der Waals surface area contributed by atoms with E-state index in [0.717, 1.165) is 24.8 Å². The largest absolute Gasteiger partial charge is 0.330 e. The number of allylic oxidation sites excluding steroid dienone is 1. The molecule has 0 aromatic heterocycles. The Bertz CT molecular complexity index is 174. The molecule has 0 aliphatic heterocycles. The molecule has 82 valence electrons. The minimum absolute atomic E-state index is 0.765. The van der Waals surface area contributed by atoms with E-state index in [1.807, 2.05) is 0 Å². The van der Waals surface area contributed by atoms with E-state index >= 15 is 0 Å². The van der Waals surface area contributed by atoms with Gasteiger partial charge in [0, 0.05) is 0 Å². The fraction of sp³-hybridized carbons (Fsp3) is 0.846. The molecule has 1 saturated carbocycles. The molecule has 2 atom stereocenters. The van der Waals surface area contributed by atoms with Crippen LogP contribution in [0.25, 0.3) is 0 Å². The van der Waals surface area contributed by atoms with E-state index in [-0.39, 0.29) is 0 Å². The average molecular weight is 195 g/mol. The first-order valence-corrected chi connectivity index (χ1v) is 6.14. The molecule has 0 heterocycles. The lowest BCUT2D eigenvalue weighted by Gasteiger charge is -2.24. The summed E-state index contributed by atoms with van der Waals surface area (Å²) in [5, 5.41) is 0. The molecule has 0 amide bonds. The summed E-state index contributed by atoms with van der Waals surface area (Å²) < 4.78 is 0. The van der Waals surface area contributed by atoms with Crippen molar-refractivity contribution in [2.75, 3.05) is 6.54 Å². The van der Waals surface area contributed by atoms with Gasteiger partial charge >= 0.3 is 0 Å². The van der Waals surface area contributed by atoms with Gasteiger partial charge in [-0.3, -0.25) is 0 Å². The van der Waals surface area contributed by atoms with Crippen LogP contribution in [-0.2, 0) is 0 Å². The highest BCUT2D eigenvalue weighted by molar-refractivity contribution is 4.96. The Morgan fingerprint density at radius 3 is 2.43 bits per heavy atom. The van der Waals surface area contributed by atoms with Crippen LogP contribution in [0.5, 0.6) is 0 Å². The molecule has 1 aliphatic carbocycles. The smallest absolute Gasteiger partial charge is 0.00461 e. The lowest BCUT2D eigenvalue weighted by atomic mass is 9.83. The molecule has 0 bridgehead atoms. The molecule has 0 spiro atoms. The van der Waals surface area contributed by atoms with E-state index in [4.69, 9.17) is 5.73 Å². The molecule has 2 unspecified atom stereocenters. The molecule has 0 radical (unpaired) electrons. The normalized spacial score (nSPS) is 28.4. The van der Waals surface area contributed by atoms with Gasteiger partial charge in [0.15, 0.2) is 0 Å². The number of rotatable bonds is 4. The highest BCUT2D eigenvalue weighted by Crippen LogP contribution is 2.32. The van der Waals surface area contributed by atoms with E-state index in [1.54, 1.807) is 0 Å². The van der Waals surface area contributed by atoms with Crippen LogP contribution in [0.3, 0.4) is 0 Å². The van der Waals surface area contributed by atoms with Crippen molar-refractivity contribution in [2.24, 2.45) is 17.6 Å². The zero-order valence-electron chi connectivity index (χ0n) is 9.60. The lowest BCUT2D eigenvalue weighted by molar-refractivity contribution is 0.316. The Kier molecular flexibility index (Phi) is 5.24. The summed E-state index contributed by atoms with van der Waals surface area (Å²) in [5.41, 5.74) is 7.26. The molecule has 1 fully saturated rings. The molecule has 1 heteroatoms. The maximum atomic E-state index is 5.85. The summed E-state index contributed by atoms with van der Waals surface area (Å²) >= 11 is 0. The van der Waals surface area contributed by atoms with Gasteiger partial charge in [-0.15, -0.1) is 0 Å². The summed E-state index contributed by atoms with van der Waals surface area (Å²) in [7, 11) is 0. The van der Waals surface area contributed by atoms with Crippen LogP contribution in [0.1, 0.15) is 51.9 Å². The highest BCUT2D eigenvalue weighted by Gasteiger charge is 2.22. The molecule has 1 aliphatic rings. The van der Waals surface area contributed by atoms with Crippen molar-refractivity contribution in [3.05, 3.63) is 12.2 Å². The number of nitrogens with two attached hydrogens (primary N) is 1. The molecule has 1 nitrogen and oxygen atoms in total. The van der Waals surface area contributed by atoms with Gasteiger partial charge in [0.25, 0.3) is 0 Å². The van der Waals surface area contributed by atoms with E-state index < -0.39 is 0 Å². The van der Waals surface area contributed by atoms with Crippen LogP contribution in [0.2, 0.25) is 0 Å². The second kappa shape index (κ2) is 6.23. The maximum Gasteiger partial charge on any atom is -0.00461 e. The Morgan fingerprint density at radius 2 is 1.86 bits per heavy atom. The molecule has 0 saturated heterocycles. The van der Waals surface area contributed by atoms with Crippen LogP contribution in [0.15, 0.2) is 12.2 Å².